The zero-order chi connectivity index (χ0) is 13.9. The minimum atomic E-state index is -0.545. The summed E-state index contributed by atoms with van der Waals surface area (Å²) >= 11 is 0. The maximum absolute atomic E-state index is 12.2. The fourth-order valence-electron chi connectivity index (χ4n) is 2.93. The van der Waals surface area contributed by atoms with Crippen LogP contribution in [0.4, 0.5) is 0 Å². The van der Waals surface area contributed by atoms with Crippen LogP contribution in [0.5, 0.6) is 5.75 Å². The Bertz CT molecular complexity index is 460. The lowest BCUT2D eigenvalue weighted by Gasteiger charge is -2.39. The Morgan fingerprint density at radius 3 is 2.84 bits per heavy atom. The second-order valence-electron chi connectivity index (χ2n) is 5.61. The molecule has 4 heteroatoms. The van der Waals surface area contributed by atoms with E-state index in [-0.39, 0.29) is 23.8 Å². The Labute approximate surface area is 113 Å². The minimum Gasteiger partial charge on any atom is -0.507 e. The lowest BCUT2D eigenvalue weighted by Crippen LogP contribution is -2.53. The smallest absolute Gasteiger partial charge is 0.255 e. The van der Waals surface area contributed by atoms with E-state index in [0.29, 0.717) is 5.92 Å². The third-order valence-corrected chi connectivity index (χ3v) is 3.92. The molecule has 1 amide bonds. The highest BCUT2D eigenvalue weighted by Gasteiger charge is 2.36. The summed E-state index contributed by atoms with van der Waals surface area (Å²) in [7, 11) is 0. The van der Waals surface area contributed by atoms with Gasteiger partial charge in [0.1, 0.15) is 5.75 Å². The number of rotatable bonds is 3. The number of benzene rings is 1. The maximum atomic E-state index is 12.2. The summed E-state index contributed by atoms with van der Waals surface area (Å²) in [5.41, 5.74) is -0.287. The summed E-state index contributed by atoms with van der Waals surface area (Å²) in [5, 5.41) is 22.3. The van der Waals surface area contributed by atoms with E-state index in [4.69, 9.17) is 0 Å². The Kier molecular flexibility index (Phi) is 4.10. The third kappa shape index (κ3) is 3.07. The number of phenolic OH excluding ortho intramolecular Hbond substituents is 1. The van der Waals surface area contributed by atoms with Gasteiger partial charge in [-0.15, -0.1) is 0 Å². The van der Waals surface area contributed by atoms with Gasteiger partial charge in [0.2, 0.25) is 0 Å². The molecule has 19 heavy (non-hydrogen) atoms. The van der Waals surface area contributed by atoms with E-state index in [2.05, 4.69) is 12.2 Å². The van der Waals surface area contributed by atoms with Crippen LogP contribution < -0.4 is 5.32 Å². The van der Waals surface area contributed by atoms with Crippen LogP contribution >= 0.6 is 0 Å². The molecule has 0 radical (unpaired) electrons. The van der Waals surface area contributed by atoms with Gasteiger partial charge >= 0.3 is 0 Å². The molecule has 3 N–H and O–H groups in total. The highest BCUT2D eigenvalue weighted by Crippen LogP contribution is 2.32. The van der Waals surface area contributed by atoms with Crippen LogP contribution in [0.15, 0.2) is 24.3 Å². The fraction of sp³-hybridized carbons (Fsp3) is 0.533. The first-order chi connectivity index (χ1) is 9.06. The molecular formula is C15H21NO3. The zero-order valence-corrected chi connectivity index (χ0v) is 11.2. The fourth-order valence-corrected chi connectivity index (χ4v) is 2.93. The summed E-state index contributed by atoms with van der Waals surface area (Å²) in [6.07, 6.45) is 3.70. The number of phenols is 1. The molecule has 0 spiro atoms. The Morgan fingerprint density at radius 2 is 2.21 bits per heavy atom. The molecule has 2 unspecified atom stereocenters. The lowest BCUT2D eigenvalue weighted by molar-refractivity contribution is 0.0695. The number of aliphatic hydroxyl groups is 1. The van der Waals surface area contributed by atoms with Crippen molar-refractivity contribution < 1.29 is 15.0 Å². The van der Waals surface area contributed by atoms with Crippen LogP contribution in [0.1, 0.15) is 43.0 Å². The SMILES string of the molecule is CC1CCCC(CO)(NC(=O)c2ccccc2O)C1. The molecule has 1 fully saturated rings. The van der Waals surface area contributed by atoms with Gasteiger partial charge in [-0.05, 0) is 30.9 Å². The van der Waals surface area contributed by atoms with Crippen molar-refractivity contribution in [3.05, 3.63) is 29.8 Å². The Hall–Kier alpha value is -1.55. The third-order valence-electron chi connectivity index (χ3n) is 3.92. The molecule has 4 nitrogen and oxygen atoms in total. The van der Waals surface area contributed by atoms with Crippen molar-refractivity contribution in [3.63, 3.8) is 0 Å². The number of para-hydroxylation sites is 1. The molecule has 0 saturated heterocycles. The van der Waals surface area contributed by atoms with Gasteiger partial charge in [0.25, 0.3) is 5.91 Å². The zero-order valence-electron chi connectivity index (χ0n) is 11.2. The van der Waals surface area contributed by atoms with E-state index in [1.807, 2.05) is 0 Å². The van der Waals surface area contributed by atoms with Crippen molar-refractivity contribution in [2.24, 2.45) is 5.92 Å². The van der Waals surface area contributed by atoms with Crippen molar-refractivity contribution in [1.82, 2.24) is 5.32 Å². The first-order valence-corrected chi connectivity index (χ1v) is 6.78. The maximum Gasteiger partial charge on any atom is 0.255 e. The molecule has 1 aliphatic carbocycles. The predicted octanol–water partition coefficient (Wildman–Crippen LogP) is 2.06. The molecule has 1 aromatic rings. The largest absolute Gasteiger partial charge is 0.507 e. The van der Waals surface area contributed by atoms with Crippen LogP contribution in [0.2, 0.25) is 0 Å². The van der Waals surface area contributed by atoms with Gasteiger partial charge in [0, 0.05) is 0 Å². The van der Waals surface area contributed by atoms with E-state index in [1.165, 1.54) is 6.07 Å². The molecule has 104 valence electrons. The van der Waals surface area contributed by atoms with E-state index in [1.54, 1.807) is 18.2 Å². The highest BCUT2D eigenvalue weighted by atomic mass is 16.3. The number of hydrogen-bond donors (Lipinski definition) is 3. The summed E-state index contributed by atoms with van der Waals surface area (Å²) in [6, 6.07) is 6.46. The van der Waals surface area contributed by atoms with Crippen molar-refractivity contribution in [2.75, 3.05) is 6.61 Å². The average molecular weight is 263 g/mol. The average Bonchev–Trinajstić information content (AvgIpc) is 2.39. The van der Waals surface area contributed by atoms with E-state index >= 15 is 0 Å². The first-order valence-electron chi connectivity index (χ1n) is 6.78. The summed E-state index contributed by atoms with van der Waals surface area (Å²) in [6.45, 7) is 2.08. The first kappa shape index (κ1) is 13.9. The standard InChI is InChI=1S/C15H21NO3/c1-11-5-4-8-15(9-11,10-17)16-14(19)12-6-2-3-7-13(12)18/h2-3,6-7,11,17-18H,4-5,8-10H2,1H3,(H,16,19). The molecule has 2 rings (SSSR count). The molecule has 1 aromatic carbocycles. The summed E-state index contributed by atoms with van der Waals surface area (Å²) in [4.78, 5) is 12.2. The Morgan fingerprint density at radius 1 is 1.47 bits per heavy atom. The summed E-state index contributed by atoms with van der Waals surface area (Å²) in [5.74, 6) is 0.142. The minimum absolute atomic E-state index is 0.0306. The molecule has 0 aromatic heterocycles. The normalized spacial score (nSPS) is 26.9. The molecule has 1 saturated carbocycles. The monoisotopic (exact) mass is 263 g/mol. The number of nitrogens with one attached hydrogen (secondary N) is 1. The predicted molar refractivity (Wildman–Crippen MR) is 73.0 cm³/mol. The molecule has 2 atom stereocenters. The molecule has 1 aliphatic rings. The van der Waals surface area contributed by atoms with Gasteiger partial charge < -0.3 is 15.5 Å². The van der Waals surface area contributed by atoms with Gasteiger partial charge in [-0.1, -0.05) is 31.9 Å². The number of hydrogen-bond acceptors (Lipinski definition) is 3. The molecule has 0 aliphatic heterocycles. The number of carbonyl (C=O) groups excluding carboxylic acids is 1. The van der Waals surface area contributed by atoms with E-state index in [0.717, 1.165) is 25.7 Å². The molecular weight excluding hydrogens is 242 g/mol. The number of aromatic hydroxyl groups is 1. The van der Waals surface area contributed by atoms with Crippen molar-refractivity contribution in [3.8, 4) is 5.75 Å². The molecule has 0 heterocycles. The van der Waals surface area contributed by atoms with E-state index < -0.39 is 5.54 Å². The van der Waals surface area contributed by atoms with Gasteiger partial charge in [-0.25, -0.2) is 0 Å². The van der Waals surface area contributed by atoms with Crippen LogP contribution in [0.3, 0.4) is 0 Å². The van der Waals surface area contributed by atoms with Crippen LogP contribution in [0, 0.1) is 5.92 Å². The van der Waals surface area contributed by atoms with Gasteiger partial charge in [-0.2, -0.15) is 0 Å². The molecule has 0 bridgehead atoms. The van der Waals surface area contributed by atoms with Gasteiger partial charge in [-0.3, -0.25) is 4.79 Å². The second kappa shape index (κ2) is 5.61. The van der Waals surface area contributed by atoms with Crippen LogP contribution in [-0.4, -0.2) is 28.3 Å². The number of carbonyl (C=O) groups is 1. The van der Waals surface area contributed by atoms with Gasteiger partial charge in [0.05, 0.1) is 17.7 Å². The quantitative estimate of drug-likeness (QED) is 0.782. The van der Waals surface area contributed by atoms with Crippen LogP contribution in [-0.2, 0) is 0 Å². The Balaban J connectivity index is 2.14. The van der Waals surface area contributed by atoms with Crippen molar-refractivity contribution in [2.45, 2.75) is 38.1 Å². The topological polar surface area (TPSA) is 69.6 Å². The van der Waals surface area contributed by atoms with E-state index in [9.17, 15) is 15.0 Å². The van der Waals surface area contributed by atoms with Gasteiger partial charge in [0.15, 0.2) is 0 Å². The van der Waals surface area contributed by atoms with Crippen molar-refractivity contribution in [1.29, 1.82) is 0 Å². The second-order valence-corrected chi connectivity index (χ2v) is 5.61. The number of amides is 1. The lowest BCUT2D eigenvalue weighted by atomic mass is 9.76. The summed E-state index contributed by atoms with van der Waals surface area (Å²) < 4.78 is 0. The van der Waals surface area contributed by atoms with Crippen LogP contribution in [0.25, 0.3) is 0 Å². The van der Waals surface area contributed by atoms with Crippen molar-refractivity contribution >= 4 is 5.91 Å². The highest BCUT2D eigenvalue weighted by molar-refractivity contribution is 5.97. The number of aliphatic hydroxyl groups excluding tert-OH is 1.